The maximum atomic E-state index is 15.5. The molecule has 0 spiro atoms. The summed E-state index contributed by atoms with van der Waals surface area (Å²) in [5, 5.41) is 0.00790. The van der Waals surface area contributed by atoms with E-state index >= 15 is 8.78 Å². The van der Waals surface area contributed by atoms with Crippen LogP contribution in [-0.2, 0) is 31.7 Å². The number of halogens is 5. The first-order chi connectivity index (χ1) is 14.7. The first-order valence-electron chi connectivity index (χ1n) is 9.80. The Bertz CT molecular complexity index is 1130. The molecule has 32 heavy (non-hydrogen) atoms. The van der Waals surface area contributed by atoms with Gasteiger partial charge in [0.05, 0.1) is 12.2 Å². The van der Waals surface area contributed by atoms with Crippen molar-refractivity contribution in [3.05, 3.63) is 46.7 Å². The molecular formula is C22H22F5NO4. The lowest BCUT2D eigenvalue weighted by molar-refractivity contribution is -0.348. The average Bonchev–Trinajstić information content (AvgIpc) is 3.14. The minimum Gasteiger partial charge on any atom is -0.465 e. The second-order valence-electron chi connectivity index (χ2n) is 7.83. The van der Waals surface area contributed by atoms with Gasteiger partial charge in [0.1, 0.15) is 5.92 Å². The predicted molar refractivity (Wildman–Crippen MR) is 105 cm³/mol. The zero-order valence-electron chi connectivity index (χ0n) is 18.1. The van der Waals surface area contributed by atoms with E-state index in [-0.39, 0.29) is 23.3 Å². The Morgan fingerprint density at radius 2 is 1.78 bits per heavy atom. The minimum atomic E-state index is -6.14. The predicted octanol–water partition coefficient (Wildman–Crippen LogP) is 4.95. The van der Waals surface area contributed by atoms with Crippen molar-refractivity contribution in [3.8, 4) is 0 Å². The number of alkyl halides is 5. The number of cyclic esters (lactones) is 1. The van der Waals surface area contributed by atoms with Gasteiger partial charge in [-0.2, -0.15) is 22.0 Å². The molecule has 1 saturated heterocycles. The summed E-state index contributed by atoms with van der Waals surface area (Å²) < 4.78 is 84.1. The van der Waals surface area contributed by atoms with Crippen molar-refractivity contribution in [2.75, 3.05) is 6.61 Å². The lowest BCUT2D eigenvalue weighted by atomic mass is 9.72. The van der Waals surface area contributed by atoms with Crippen LogP contribution in [0.3, 0.4) is 0 Å². The van der Waals surface area contributed by atoms with Crippen molar-refractivity contribution < 1.29 is 41.0 Å². The third kappa shape index (κ3) is 3.02. The molecule has 174 valence electrons. The van der Waals surface area contributed by atoms with Gasteiger partial charge in [-0.1, -0.05) is 23.8 Å². The second-order valence-corrected chi connectivity index (χ2v) is 7.83. The van der Waals surface area contributed by atoms with Gasteiger partial charge < -0.3 is 14.0 Å². The Balaban J connectivity index is 2.57. The molecule has 1 fully saturated rings. The zero-order valence-corrected chi connectivity index (χ0v) is 18.1. The quantitative estimate of drug-likeness (QED) is 0.369. The number of benzene rings is 1. The van der Waals surface area contributed by atoms with Crippen LogP contribution in [0.1, 0.15) is 32.0 Å². The first kappa shape index (κ1) is 23.7. The van der Waals surface area contributed by atoms with E-state index in [9.17, 15) is 22.8 Å². The molecule has 2 atom stereocenters. The van der Waals surface area contributed by atoms with E-state index in [1.54, 1.807) is 6.07 Å². The molecule has 0 aliphatic carbocycles. The number of hydrogen-bond donors (Lipinski definition) is 0. The van der Waals surface area contributed by atoms with Gasteiger partial charge >= 0.3 is 24.0 Å². The van der Waals surface area contributed by atoms with Gasteiger partial charge in [-0.3, -0.25) is 4.79 Å². The topological polar surface area (TPSA) is 57.5 Å². The lowest BCUT2D eigenvalue weighted by Gasteiger charge is -2.39. The molecule has 1 aromatic heterocycles. The van der Waals surface area contributed by atoms with E-state index in [0.29, 0.717) is 5.52 Å². The van der Waals surface area contributed by atoms with Crippen LogP contribution >= 0.6 is 0 Å². The van der Waals surface area contributed by atoms with Crippen molar-refractivity contribution in [2.45, 2.75) is 45.4 Å². The molecule has 0 amide bonds. The van der Waals surface area contributed by atoms with Gasteiger partial charge in [0.25, 0.3) is 0 Å². The molecular weight excluding hydrogens is 437 g/mol. The highest BCUT2D eigenvalue weighted by Gasteiger charge is 2.81. The molecule has 0 radical (unpaired) electrons. The fraction of sp³-hybridized carbons (Fsp3) is 0.455. The monoisotopic (exact) mass is 459 g/mol. The van der Waals surface area contributed by atoms with Gasteiger partial charge in [0.15, 0.2) is 0 Å². The Morgan fingerprint density at radius 1 is 1.19 bits per heavy atom. The Morgan fingerprint density at radius 3 is 2.31 bits per heavy atom. The highest BCUT2D eigenvalue weighted by atomic mass is 19.4. The van der Waals surface area contributed by atoms with Crippen molar-refractivity contribution in [2.24, 2.45) is 13.0 Å². The van der Waals surface area contributed by atoms with Crippen LogP contribution in [0.15, 0.2) is 35.4 Å². The van der Waals surface area contributed by atoms with E-state index in [1.165, 1.54) is 57.5 Å². The largest absolute Gasteiger partial charge is 0.465 e. The van der Waals surface area contributed by atoms with Crippen LogP contribution in [0.5, 0.6) is 0 Å². The molecule has 0 bridgehead atoms. The summed E-state index contributed by atoms with van der Waals surface area (Å²) in [6.45, 7) is 5.09. The summed E-state index contributed by atoms with van der Waals surface area (Å²) in [4.78, 5) is 25.7. The Hall–Kier alpha value is -2.91. The summed E-state index contributed by atoms with van der Waals surface area (Å²) in [5.41, 5.74) is -4.44. The number of allylic oxidation sites excluding steroid dienone is 1. The molecule has 1 aliphatic heterocycles. The summed E-state index contributed by atoms with van der Waals surface area (Å²) in [6, 6.07) is 5.93. The number of ether oxygens (including phenoxy) is 2. The maximum absolute atomic E-state index is 15.5. The Labute approximate surface area is 180 Å². The lowest BCUT2D eigenvalue weighted by Crippen LogP contribution is -2.59. The molecule has 1 aromatic carbocycles. The fourth-order valence-corrected chi connectivity index (χ4v) is 4.38. The normalized spacial score (nSPS) is 21.8. The van der Waals surface area contributed by atoms with E-state index in [4.69, 9.17) is 9.47 Å². The molecule has 1 aliphatic rings. The van der Waals surface area contributed by atoms with Gasteiger partial charge in [0.2, 0.25) is 5.60 Å². The number of fused-ring (bicyclic) bond motifs is 1. The smallest absolute Gasteiger partial charge is 0.458 e. The van der Waals surface area contributed by atoms with Crippen LogP contribution in [0.2, 0.25) is 0 Å². The van der Waals surface area contributed by atoms with Gasteiger partial charge in [-0.05, 0) is 33.8 Å². The van der Waals surface area contributed by atoms with Crippen LogP contribution in [0.4, 0.5) is 22.0 Å². The highest BCUT2D eigenvalue weighted by molar-refractivity contribution is 6.02. The number of esters is 2. The number of carbonyl (C=O) groups excluding carboxylic acids is 2. The SMILES string of the molecule is CCOC(=O)[C@H]1C(=C(C)C)C(=O)O[C@@]1(c1c(C)n(C)c2ccccc12)C(F)(F)C(F)(F)F. The molecule has 0 saturated carbocycles. The van der Waals surface area contributed by atoms with E-state index in [1.807, 2.05) is 0 Å². The van der Waals surface area contributed by atoms with Crippen molar-refractivity contribution in [1.29, 1.82) is 0 Å². The number of para-hydroxylation sites is 1. The number of carbonyl (C=O) groups is 2. The average molecular weight is 459 g/mol. The Kier molecular flexibility index (Phi) is 5.64. The minimum absolute atomic E-state index is 0.00719. The fourth-order valence-electron chi connectivity index (χ4n) is 4.38. The summed E-state index contributed by atoms with van der Waals surface area (Å²) in [7, 11) is 1.48. The zero-order chi connectivity index (χ0) is 24.2. The van der Waals surface area contributed by atoms with E-state index < -0.39 is 46.7 Å². The third-order valence-electron chi connectivity index (χ3n) is 5.82. The number of aryl methyl sites for hydroxylation is 1. The van der Waals surface area contributed by atoms with Crippen LogP contribution in [0.25, 0.3) is 10.9 Å². The van der Waals surface area contributed by atoms with E-state index in [0.717, 1.165) is 0 Å². The molecule has 0 unspecified atom stereocenters. The molecule has 10 heteroatoms. The van der Waals surface area contributed by atoms with Gasteiger partial charge in [-0.25, -0.2) is 4.79 Å². The summed E-state index contributed by atoms with van der Waals surface area (Å²) in [5.74, 6) is -10.8. The summed E-state index contributed by atoms with van der Waals surface area (Å²) >= 11 is 0. The highest BCUT2D eigenvalue weighted by Crippen LogP contribution is 2.61. The van der Waals surface area contributed by atoms with Crippen molar-refractivity contribution in [3.63, 3.8) is 0 Å². The molecule has 2 aromatic rings. The van der Waals surface area contributed by atoms with Crippen LogP contribution in [0, 0.1) is 12.8 Å². The van der Waals surface area contributed by atoms with Crippen molar-refractivity contribution in [1.82, 2.24) is 4.57 Å². The van der Waals surface area contributed by atoms with Gasteiger partial charge in [-0.15, -0.1) is 0 Å². The maximum Gasteiger partial charge on any atom is 0.458 e. The van der Waals surface area contributed by atoms with Crippen LogP contribution < -0.4 is 0 Å². The third-order valence-corrected chi connectivity index (χ3v) is 5.82. The number of aromatic nitrogens is 1. The standard InChI is InChI=1S/C22H22F5NO4/c1-6-31-19(30)17-15(11(2)3)18(29)32-20(17,21(23,24)22(25,26)27)16-12(4)28(5)14-10-8-7-9-13(14)16/h7-10,17H,6H2,1-5H3/t17-,20-/m1/s1. The molecule has 0 N–H and O–H groups in total. The summed E-state index contributed by atoms with van der Waals surface area (Å²) in [6.07, 6.45) is -6.14. The molecule has 5 nitrogen and oxygen atoms in total. The first-order valence-corrected chi connectivity index (χ1v) is 9.80. The molecule has 2 heterocycles. The van der Waals surface area contributed by atoms with Crippen LogP contribution in [-0.4, -0.2) is 35.2 Å². The number of nitrogens with zero attached hydrogens (tertiary/aromatic N) is 1. The second kappa shape index (κ2) is 7.60. The number of hydrogen-bond acceptors (Lipinski definition) is 4. The molecule has 3 rings (SSSR count). The van der Waals surface area contributed by atoms with Crippen molar-refractivity contribution >= 4 is 22.8 Å². The van der Waals surface area contributed by atoms with Gasteiger partial charge in [0, 0.05) is 29.2 Å². The van der Waals surface area contributed by atoms with E-state index in [2.05, 4.69) is 0 Å². The number of rotatable bonds is 4.